The van der Waals surface area contributed by atoms with Gasteiger partial charge in [-0.2, -0.15) is 0 Å². The highest BCUT2D eigenvalue weighted by Crippen LogP contribution is 2.27. The standard InChI is InChI=1S/C8H11N3O3/c9-6-4(7(12)8(13)14)2-1-3-5(6)11-10/h1-3,7,11-12H,9-10H2,(H,13,14). The molecule has 1 unspecified atom stereocenters. The molecular formula is C8H11N3O3. The summed E-state index contributed by atoms with van der Waals surface area (Å²) in [6, 6.07) is 4.55. The minimum absolute atomic E-state index is 0.118. The molecule has 6 nitrogen and oxygen atoms in total. The van der Waals surface area contributed by atoms with Gasteiger partial charge in [-0.25, -0.2) is 4.79 Å². The van der Waals surface area contributed by atoms with Gasteiger partial charge < -0.3 is 21.4 Å². The third-order valence-electron chi connectivity index (χ3n) is 1.82. The molecule has 1 aromatic rings. The Labute approximate surface area is 80.1 Å². The molecule has 1 aromatic carbocycles. The first kappa shape index (κ1) is 10.3. The lowest BCUT2D eigenvalue weighted by Crippen LogP contribution is -2.15. The number of hydrogen-bond acceptors (Lipinski definition) is 5. The van der Waals surface area contributed by atoms with Crippen molar-refractivity contribution in [2.24, 2.45) is 5.84 Å². The first-order chi connectivity index (χ1) is 6.57. The Morgan fingerprint density at radius 2 is 2.14 bits per heavy atom. The first-order valence-corrected chi connectivity index (χ1v) is 3.83. The maximum absolute atomic E-state index is 10.5. The summed E-state index contributed by atoms with van der Waals surface area (Å²) >= 11 is 0. The summed E-state index contributed by atoms with van der Waals surface area (Å²) in [5, 5.41) is 17.8. The van der Waals surface area contributed by atoms with Gasteiger partial charge in [-0.1, -0.05) is 12.1 Å². The number of hydrazine groups is 1. The van der Waals surface area contributed by atoms with Gasteiger partial charge in [0.25, 0.3) is 0 Å². The molecule has 0 fully saturated rings. The fraction of sp³-hybridized carbons (Fsp3) is 0.125. The van der Waals surface area contributed by atoms with Gasteiger partial charge in [-0.15, -0.1) is 0 Å². The summed E-state index contributed by atoms with van der Waals surface area (Å²) in [5.74, 6) is 3.78. The molecule has 1 atom stereocenters. The summed E-state index contributed by atoms with van der Waals surface area (Å²) in [6.07, 6.45) is -1.64. The summed E-state index contributed by atoms with van der Waals surface area (Å²) in [7, 11) is 0. The van der Waals surface area contributed by atoms with E-state index in [2.05, 4.69) is 5.43 Å². The number of aliphatic hydroxyl groups is 1. The van der Waals surface area contributed by atoms with E-state index in [-0.39, 0.29) is 11.3 Å². The molecular weight excluding hydrogens is 186 g/mol. The third kappa shape index (κ3) is 1.76. The number of aliphatic hydroxyl groups excluding tert-OH is 1. The summed E-state index contributed by atoms with van der Waals surface area (Å²) in [4.78, 5) is 10.5. The van der Waals surface area contributed by atoms with Crippen LogP contribution in [0.3, 0.4) is 0 Å². The zero-order valence-corrected chi connectivity index (χ0v) is 7.27. The number of nitrogens with one attached hydrogen (secondary N) is 1. The minimum atomic E-state index is -1.64. The van der Waals surface area contributed by atoms with Crippen molar-refractivity contribution in [1.29, 1.82) is 0 Å². The Morgan fingerprint density at radius 1 is 1.50 bits per heavy atom. The van der Waals surface area contributed by atoms with Crippen LogP contribution in [0.25, 0.3) is 0 Å². The third-order valence-corrected chi connectivity index (χ3v) is 1.82. The van der Waals surface area contributed by atoms with Gasteiger partial charge in [-0.05, 0) is 6.07 Å². The van der Waals surface area contributed by atoms with Crippen molar-refractivity contribution < 1.29 is 15.0 Å². The number of aliphatic carboxylic acids is 1. The minimum Gasteiger partial charge on any atom is -0.479 e. The van der Waals surface area contributed by atoms with E-state index >= 15 is 0 Å². The number of carboxylic acids is 1. The molecule has 0 amide bonds. The highest BCUT2D eigenvalue weighted by Gasteiger charge is 2.19. The molecule has 0 aliphatic heterocycles. The maximum Gasteiger partial charge on any atom is 0.337 e. The van der Waals surface area contributed by atoms with E-state index < -0.39 is 12.1 Å². The average Bonchev–Trinajstić information content (AvgIpc) is 2.17. The molecule has 76 valence electrons. The van der Waals surface area contributed by atoms with Crippen LogP contribution in [0.2, 0.25) is 0 Å². The quantitative estimate of drug-likeness (QED) is 0.257. The van der Waals surface area contributed by atoms with E-state index in [1.807, 2.05) is 0 Å². The maximum atomic E-state index is 10.5. The average molecular weight is 197 g/mol. The molecule has 0 radical (unpaired) electrons. The Bertz CT molecular complexity index is 354. The highest BCUT2D eigenvalue weighted by atomic mass is 16.4. The number of carboxylic acid groups (broad SMARTS) is 1. The van der Waals surface area contributed by atoms with E-state index in [4.69, 9.17) is 16.7 Å². The van der Waals surface area contributed by atoms with Crippen molar-refractivity contribution in [3.8, 4) is 0 Å². The number of anilines is 2. The summed E-state index contributed by atoms with van der Waals surface area (Å²) in [6.45, 7) is 0. The largest absolute Gasteiger partial charge is 0.479 e. The first-order valence-electron chi connectivity index (χ1n) is 3.83. The number of benzene rings is 1. The van der Waals surface area contributed by atoms with Gasteiger partial charge in [0.1, 0.15) is 0 Å². The Balaban J connectivity index is 3.15. The molecule has 1 rings (SSSR count). The summed E-state index contributed by atoms with van der Waals surface area (Å²) < 4.78 is 0. The van der Waals surface area contributed by atoms with Crippen LogP contribution in [-0.2, 0) is 4.79 Å². The van der Waals surface area contributed by atoms with Gasteiger partial charge in [0, 0.05) is 5.56 Å². The van der Waals surface area contributed by atoms with Crippen molar-refractivity contribution in [3.63, 3.8) is 0 Å². The topological polar surface area (TPSA) is 122 Å². The Hall–Kier alpha value is -1.79. The van der Waals surface area contributed by atoms with Crippen LogP contribution in [-0.4, -0.2) is 16.2 Å². The number of nitrogen functional groups attached to an aromatic ring is 2. The van der Waals surface area contributed by atoms with Gasteiger partial charge in [0.2, 0.25) is 0 Å². The fourth-order valence-electron chi connectivity index (χ4n) is 1.08. The lowest BCUT2D eigenvalue weighted by molar-refractivity contribution is -0.146. The molecule has 0 bridgehead atoms. The van der Waals surface area contributed by atoms with Crippen LogP contribution in [0.1, 0.15) is 11.7 Å². The normalized spacial score (nSPS) is 12.1. The lowest BCUT2D eigenvalue weighted by Gasteiger charge is -2.12. The van der Waals surface area contributed by atoms with Crippen molar-refractivity contribution in [3.05, 3.63) is 23.8 Å². The molecule has 7 N–H and O–H groups in total. The van der Waals surface area contributed by atoms with Crippen LogP contribution in [0.4, 0.5) is 11.4 Å². The molecule has 0 aliphatic carbocycles. The van der Waals surface area contributed by atoms with Crippen molar-refractivity contribution >= 4 is 17.3 Å². The van der Waals surface area contributed by atoms with Gasteiger partial charge in [0.15, 0.2) is 6.10 Å². The highest BCUT2D eigenvalue weighted by molar-refractivity contribution is 5.80. The predicted molar refractivity (Wildman–Crippen MR) is 51.3 cm³/mol. The number of nitrogens with two attached hydrogens (primary N) is 2. The second kappa shape index (κ2) is 3.95. The molecule has 14 heavy (non-hydrogen) atoms. The van der Waals surface area contributed by atoms with Crippen molar-refractivity contribution in [1.82, 2.24) is 0 Å². The number of para-hydroxylation sites is 1. The second-order valence-corrected chi connectivity index (χ2v) is 2.69. The number of hydrogen-bond donors (Lipinski definition) is 5. The van der Waals surface area contributed by atoms with Crippen LogP contribution >= 0.6 is 0 Å². The van der Waals surface area contributed by atoms with Gasteiger partial charge >= 0.3 is 5.97 Å². The Morgan fingerprint density at radius 3 is 2.64 bits per heavy atom. The monoisotopic (exact) mass is 197 g/mol. The molecule has 0 saturated carbocycles. The second-order valence-electron chi connectivity index (χ2n) is 2.69. The molecule has 0 heterocycles. The Kier molecular flexibility index (Phi) is 2.90. The van der Waals surface area contributed by atoms with Crippen molar-refractivity contribution in [2.75, 3.05) is 11.2 Å². The molecule has 0 aliphatic rings. The molecule has 6 heteroatoms. The van der Waals surface area contributed by atoms with E-state index in [9.17, 15) is 9.90 Å². The molecule has 0 saturated heterocycles. The van der Waals surface area contributed by atoms with E-state index in [1.165, 1.54) is 6.07 Å². The lowest BCUT2D eigenvalue weighted by atomic mass is 10.1. The molecule has 0 spiro atoms. The van der Waals surface area contributed by atoms with Crippen LogP contribution in [0, 0.1) is 0 Å². The fourth-order valence-corrected chi connectivity index (χ4v) is 1.08. The van der Waals surface area contributed by atoms with Crippen LogP contribution in [0.5, 0.6) is 0 Å². The van der Waals surface area contributed by atoms with Crippen molar-refractivity contribution in [2.45, 2.75) is 6.10 Å². The smallest absolute Gasteiger partial charge is 0.337 e. The summed E-state index contributed by atoms with van der Waals surface area (Å²) in [5.41, 5.74) is 8.49. The van der Waals surface area contributed by atoms with Gasteiger partial charge in [0.05, 0.1) is 11.4 Å². The van der Waals surface area contributed by atoms with Crippen LogP contribution < -0.4 is 17.0 Å². The van der Waals surface area contributed by atoms with Crippen LogP contribution in [0.15, 0.2) is 18.2 Å². The molecule has 0 aromatic heterocycles. The number of carbonyl (C=O) groups is 1. The van der Waals surface area contributed by atoms with E-state index in [0.717, 1.165) is 0 Å². The van der Waals surface area contributed by atoms with E-state index in [1.54, 1.807) is 12.1 Å². The zero-order chi connectivity index (χ0) is 10.7. The predicted octanol–water partition coefficient (Wildman–Crippen LogP) is -0.328. The van der Waals surface area contributed by atoms with E-state index in [0.29, 0.717) is 5.69 Å². The number of rotatable bonds is 3. The zero-order valence-electron chi connectivity index (χ0n) is 7.27. The van der Waals surface area contributed by atoms with Gasteiger partial charge in [-0.3, -0.25) is 5.84 Å². The SMILES string of the molecule is NNc1cccc(C(O)C(=O)O)c1N.